The molecule has 0 aliphatic heterocycles. The van der Waals surface area contributed by atoms with Crippen molar-refractivity contribution in [1.82, 2.24) is 15.0 Å². The van der Waals surface area contributed by atoms with Crippen molar-refractivity contribution < 1.29 is 4.79 Å². The molecule has 2 rings (SSSR count). The van der Waals surface area contributed by atoms with Crippen molar-refractivity contribution in [2.24, 2.45) is 0 Å². The van der Waals surface area contributed by atoms with Crippen LogP contribution in [0.25, 0.3) is 0 Å². The molecule has 0 spiro atoms. The van der Waals surface area contributed by atoms with Gasteiger partial charge in [0.25, 0.3) is 0 Å². The monoisotopic (exact) mass is 348 g/mol. The highest BCUT2D eigenvalue weighted by molar-refractivity contribution is 7.99. The molecular formula is C14H16N6OS2. The van der Waals surface area contributed by atoms with Crippen LogP contribution in [0.3, 0.4) is 0 Å². The van der Waals surface area contributed by atoms with Crippen LogP contribution in [0.5, 0.6) is 0 Å². The van der Waals surface area contributed by atoms with Gasteiger partial charge in [0.15, 0.2) is 10.3 Å². The minimum absolute atomic E-state index is 0.0535. The Balaban J connectivity index is 1.92. The molecule has 9 heteroatoms. The third kappa shape index (κ3) is 4.64. The normalized spacial score (nSPS) is 11.0. The molecule has 0 atom stereocenters. The predicted octanol–water partition coefficient (Wildman–Crippen LogP) is 2.42. The zero-order chi connectivity index (χ0) is 17.0. The van der Waals surface area contributed by atoms with Crippen molar-refractivity contribution in [1.29, 1.82) is 5.26 Å². The Bertz CT molecular complexity index is 759. The van der Waals surface area contributed by atoms with E-state index in [0.29, 0.717) is 10.3 Å². The Kier molecular flexibility index (Phi) is 5.18. The molecule has 0 saturated carbocycles. The van der Waals surface area contributed by atoms with Crippen LogP contribution in [0.2, 0.25) is 0 Å². The van der Waals surface area contributed by atoms with Crippen molar-refractivity contribution in [2.75, 3.05) is 16.8 Å². The number of carbonyl (C=O) groups is 1. The zero-order valence-corrected chi connectivity index (χ0v) is 14.6. The van der Waals surface area contributed by atoms with Crippen LogP contribution in [0.1, 0.15) is 32.0 Å². The molecule has 2 heterocycles. The summed E-state index contributed by atoms with van der Waals surface area (Å²) >= 11 is 2.54. The van der Waals surface area contributed by atoms with Crippen molar-refractivity contribution in [3.8, 4) is 6.07 Å². The fourth-order valence-corrected chi connectivity index (χ4v) is 3.07. The molecule has 7 nitrogen and oxygen atoms in total. The van der Waals surface area contributed by atoms with Crippen LogP contribution in [-0.2, 0) is 10.2 Å². The molecule has 0 aliphatic rings. The fourth-order valence-electron chi connectivity index (χ4n) is 1.49. The molecular weight excluding hydrogens is 332 g/mol. The van der Waals surface area contributed by atoms with Gasteiger partial charge in [0.2, 0.25) is 5.91 Å². The summed E-state index contributed by atoms with van der Waals surface area (Å²) in [6.07, 6.45) is 1.35. The van der Waals surface area contributed by atoms with E-state index in [0.717, 1.165) is 17.5 Å². The Morgan fingerprint density at radius 3 is 2.78 bits per heavy atom. The van der Waals surface area contributed by atoms with Gasteiger partial charge in [-0.25, -0.2) is 15.0 Å². The van der Waals surface area contributed by atoms with Crippen molar-refractivity contribution in [3.63, 3.8) is 0 Å². The van der Waals surface area contributed by atoms with Crippen LogP contribution in [0, 0.1) is 11.3 Å². The second-order valence-electron chi connectivity index (χ2n) is 5.69. The average Bonchev–Trinajstić information content (AvgIpc) is 2.94. The number of hydrogen-bond acceptors (Lipinski definition) is 8. The summed E-state index contributed by atoms with van der Waals surface area (Å²) in [5.41, 5.74) is 6.71. The van der Waals surface area contributed by atoms with Gasteiger partial charge >= 0.3 is 0 Å². The van der Waals surface area contributed by atoms with Crippen molar-refractivity contribution >= 4 is 40.0 Å². The first-order valence-electron chi connectivity index (χ1n) is 6.71. The summed E-state index contributed by atoms with van der Waals surface area (Å²) in [4.78, 5) is 24.3. The summed E-state index contributed by atoms with van der Waals surface area (Å²) in [5.74, 6) is 0.0481. The number of nitrogens with zero attached hydrogens (tertiary/aromatic N) is 4. The molecule has 0 radical (unpaired) electrons. The number of thiazole rings is 1. The first kappa shape index (κ1) is 17.2. The van der Waals surface area contributed by atoms with Crippen molar-refractivity contribution in [2.45, 2.75) is 31.3 Å². The van der Waals surface area contributed by atoms with Gasteiger partial charge in [-0.05, 0) is 0 Å². The summed E-state index contributed by atoms with van der Waals surface area (Å²) in [6.45, 7) is 6.20. The Labute approximate surface area is 142 Å². The summed E-state index contributed by atoms with van der Waals surface area (Å²) in [5, 5.41) is 14.4. The Morgan fingerprint density at radius 2 is 2.22 bits per heavy atom. The maximum atomic E-state index is 11.9. The van der Waals surface area contributed by atoms with Crippen LogP contribution in [0.15, 0.2) is 16.7 Å². The van der Waals surface area contributed by atoms with Gasteiger partial charge in [-0.15, -0.1) is 11.3 Å². The van der Waals surface area contributed by atoms with Gasteiger partial charge in [0, 0.05) is 10.8 Å². The number of nitriles is 1. The number of rotatable bonds is 4. The van der Waals surface area contributed by atoms with E-state index < -0.39 is 0 Å². The number of carbonyl (C=O) groups excluding carboxylic acids is 1. The van der Waals surface area contributed by atoms with Crippen LogP contribution in [-0.4, -0.2) is 26.6 Å². The quantitative estimate of drug-likeness (QED) is 0.643. The number of nitrogen functional groups attached to an aromatic ring is 1. The Morgan fingerprint density at radius 1 is 1.48 bits per heavy atom. The van der Waals surface area contributed by atoms with Crippen molar-refractivity contribution in [3.05, 3.63) is 22.8 Å². The maximum absolute atomic E-state index is 11.9. The van der Waals surface area contributed by atoms with E-state index in [4.69, 9.17) is 11.0 Å². The molecule has 0 unspecified atom stereocenters. The SMILES string of the molecule is CC(C)(C)c1csc(NC(=O)CSc2ncc(C#N)c(N)n2)n1. The second kappa shape index (κ2) is 6.93. The number of nitrogens with one attached hydrogen (secondary N) is 1. The zero-order valence-electron chi connectivity index (χ0n) is 13.0. The topological polar surface area (TPSA) is 118 Å². The molecule has 0 aliphatic carbocycles. The summed E-state index contributed by atoms with van der Waals surface area (Å²) in [7, 11) is 0. The Hall–Kier alpha value is -2.18. The minimum atomic E-state index is -0.198. The molecule has 2 aromatic heterocycles. The van der Waals surface area contributed by atoms with Crippen LogP contribution >= 0.6 is 23.1 Å². The summed E-state index contributed by atoms with van der Waals surface area (Å²) < 4.78 is 0. The van der Waals surface area contributed by atoms with Crippen LogP contribution in [0.4, 0.5) is 10.9 Å². The van der Waals surface area contributed by atoms with E-state index in [2.05, 4.69) is 41.0 Å². The van der Waals surface area contributed by atoms with Gasteiger partial charge in [-0.2, -0.15) is 5.26 Å². The largest absolute Gasteiger partial charge is 0.382 e. The predicted molar refractivity (Wildman–Crippen MR) is 91.3 cm³/mol. The molecule has 0 saturated heterocycles. The first-order valence-corrected chi connectivity index (χ1v) is 8.57. The van der Waals surface area contributed by atoms with E-state index in [1.54, 1.807) is 0 Å². The number of nitrogens with two attached hydrogens (primary N) is 1. The fraction of sp³-hybridized carbons (Fsp3) is 0.357. The lowest BCUT2D eigenvalue weighted by Gasteiger charge is -2.14. The number of hydrogen-bond donors (Lipinski definition) is 2. The molecule has 3 N–H and O–H groups in total. The highest BCUT2D eigenvalue weighted by Gasteiger charge is 2.18. The van der Waals surface area contributed by atoms with E-state index in [9.17, 15) is 4.79 Å². The molecule has 0 bridgehead atoms. The van der Waals surface area contributed by atoms with Gasteiger partial charge in [-0.3, -0.25) is 4.79 Å². The van der Waals surface area contributed by atoms with E-state index in [-0.39, 0.29) is 28.5 Å². The lowest BCUT2D eigenvalue weighted by Crippen LogP contribution is -2.15. The first-order chi connectivity index (χ1) is 10.8. The number of amides is 1. The third-order valence-electron chi connectivity index (χ3n) is 2.77. The molecule has 2 aromatic rings. The third-order valence-corrected chi connectivity index (χ3v) is 4.39. The molecule has 23 heavy (non-hydrogen) atoms. The lowest BCUT2D eigenvalue weighted by molar-refractivity contribution is -0.113. The summed E-state index contributed by atoms with van der Waals surface area (Å²) in [6, 6.07) is 1.89. The minimum Gasteiger partial charge on any atom is -0.382 e. The van der Waals surface area contributed by atoms with E-state index >= 15 is 0 Å². The average molecular weight is 348 g/mol. The second-order valence-corrected chi connectivity index (χ2v) is 7.49. The highest BCUT2D eigenvalue weighted by Crippen LogP contribution is 2.26. The van der Waals surface area contributed by atoms with Gasteiger partial charge in [-0.1, -0.05) is 32.5 Å². The smallest absolute Gasteiger partial charge is 0.236 e. The van der Waals surface area contributed by atoms with Gasteiger partial charge in [0.1, 0.15) is 17.5 Å². The number of thioether (sulfide) groups is 1. The number of anilines is 2. The molecule has 0 aromatic carbocycles. The van der Waals surface area contributed by atoms with E-state index in [1.165, 1.54) is 17.5 Å². The lowest BCUT2D eigenvalue weighted by atomic mass is 9.93. The molecule has 1 amide bonds. The maximum Gasteiger partial charge on any atom is 0.236 e. The van der Waals surface area contributed by atoms with Gasteiger partial charge < -0.3 is 11.1 Å². The van der Waals surface area contributed by atoms with E-state index in [1.807, 2.05) is 11.4 Å². The standard InChI is InChI=1S/C14H16N6OS2/c1-14(2,3)9-6-22-13(18-9)19-10(21)7-23-12-17-5-8(4-15)11(16)20-12/h5-6H,7H2,1-3H3,(H2,16,17,20)(H,18,19,21). The molecule has 0 fully saturated rings. The molecule has 120 valence electrons. The van der Waals surface area contributed by atoms with Crippen LogP contribution < -0.4 is 11.1 Å². The number of aromatic nitrogens is 3. The highest BCUT2D eigenvalue weighted by atomic mass is 32.2. The van der Waals surface area contributed by atoms with Gasteiger partial charge in [0.05, 0.1) is 17.6 Å².